The molecule has 0 aliphatic carbocycles. The summed E-state index contributed by atoms with van der Waals surface area (Å²) >= 11 is 19.2. The van der Waals surface area contributed by atoms with Gasteiger partial charge in [0.15, 0.2) is 0 Å². The van der Waals surface area contributed by atoms with Crippen molar-refractivity contribution in [3.05, 3.63) is 154 Å². The van der Waals surface area contributed by atoms with E-state index < -0.39 is 0 Å². The molecule has 0 bridgehead atoms. The van der Waals surface area contributed by atoms with Crippen LogP contribution in [0.4, 0.5) is 0 Å². The molecule has 3 aromatic carbocycles. The summed E-state index contributed by atoms with van der Waals surface area (Å²) in [6, 6.07) is 48.7. The van der Waals surface area contributed by atoms with Crippen molar-refractivity contribution >= 4 is 145 Å². The molecule has 0 aliphatic heterocycles. The highest BCUT2D eigenvalue weighted by Crippen LogP contribution is 2.53. The number of nitrogens with zero attached hydrogens (tertiary/aromatic N) is 2. The SMILES string of the molecule is CCCCCCCCc1cc(-c2ccc3sc4ccc(C(C)(C)C)cc4c3c2)sc1-c1ccc(-c2ccc(-c3sc(-c4ccc(-c5cc(CCCCCCCC)c(-c6ccc(-c7ccc(-c8sc(C(C)(C)C)cc8CCCCCCCC)s7)s6)s5)c5nsnc45)cc3CCCCCCCC)s2)s1. The molecule has 2 nitrogen and oxygen atoms in total. The fraction of sp³-hybridized carbons (Fsp3) is 0.444. The number of rotatable bonds is 37. The van der Waals surface area contributed by atoms with Gasteiger partial charge in [0, 0.05) is 109 Å². The van der Waals surface area contributed by atoms with Gasteiger partial charge in [0.2, 0.25) is 0 Å². The van der Waals surface area contributed by atoms with Crippen molar-refractivity contribution in [2.75, 3.05) is 0 Å². The lowest BCUT2D eigenvalue weighted by Gasteiger charge is -2.18. The molecule has 0 N–H and O–H groups in total. The van der Waals surface area contributed by atoms with Crippen molar-refractivity contribution in [3.63, 3.8) is 0 Å². The number of unbranched alkanes of at least 4 members (excludes halogenated alkanes) is 20. The fourth-order valence-corrected chi connectivity index (χ4v) is 25.9. The van der Waals surface area contributed by atoms with Crippen LogP contribution in [0.5, 0.6) is 0 Å². The first kappa shape index (κ1) is 75.5. The van der Waals surface area contributed by atoms with Crippen LogP contribution in [0.15, 0.2) is 121 Å². The Bertz CT molecular complexity index is 4830. The average molecular weight is 1540 g/mol. The summed E-state index contributed by atoms with van der Waals surface area (Å²) in [5.74, 6) is 0. The minimum absolute atomic E-state index is 0.105. The Balaban J connectivity index is 0.783. The van der Waals surface area contributed by atoms with Gasteiger partial charge in [0.1, 0.15) is 11.0 Å². The van der Waals surface area contributed by atoms with Crippen molar-refractivity contribution in [1.82, 2.24) is 8.75 Å². The van der Waals surface area contributed by atoms with Gasteiger partial charge in [0.05, 0.1) is 11.7 Å². The van der Waals surface area contributed by atoms with E-state index in [1.54, 1.807) is 5.56 Å². The molecule has 10 aromatic heterocycles. The predicted molar refractivity (Wildman–Crippen MR) is 468 cm³/mol. The summed E-state index contributed by atoms with van der Waals surface area (Å²) in [6.45, 7) is 23.4. The van der Waals surface area contributed by atoms with Gasteiger partial charge in [0.25, 0.3) is 0 Å². The van der Waals surface area contributed by atoms with Crippen molar-refractivity contribution in [3.8, 4) is 89.8 Å². The van der Waals surface area contributed by atoms with Crippen LogP contribution < -0.4 is 0 Å². The lowest BCUT2D eigenvalue weighted by atomic mass is 9.86. The van der Waals surface area contributed by atoms with Crippen LogP contribution >= 0.6 is 114 Å². The zero-order valence-corrected chi connectivity index (χ0v) is 70.5. The van der Waals surface area contributed by atoms with Crippen molar-refractivity contribution in [1.29, 1.82) is 0 Å². The molecular weight excluding hydrogens is 1430 g/mol. The van der Waals surface area contributed by atoms with Gasteiger partial charge in [-0.15, -0.1) is 102 Å². The van der Waals surface area contributed by atoms with Crippen LogP contribution in [0, 0.1) is 0 Å². The molecule has 0 radical (unpaired) electrons. The Morgan fingerprint density at radius 3 is 1.02 bits per heavy atom. The van der Waals surface area contributed by atoms with E-state index in [9.17, 15) is 0 Å². The molecule has 0 atom stereocenters. The highest BCUT2D eigenvalue weighted by Gasteiger charge is 2.26. The standard InChI is InChI=1S/C90H106N2S10/c1-11-15-19-23-27-31-35-60-54-79(59-39-43-69-67(53-59)68-58-64(89(5,6)7)40-44-70(68)93-69)98-85(60)75-49-45-71(94-75)72-46-50-76(95-72)86-61(36-32-28-24-20-16-12-2)55-80(99-86)65-41-42-66(84-83(65)91-102-92-84)81-56-62(37-33-29-25-21-17-13-3)87(100-81)77-51-47-73(96-77)74-48-52-78(97-74)88-63(38-34-30-26-22-18-14-4)57-82(101-88)90(8,9)10/h39-58H,11-38H2,1-10H3. The smallest absolute Gasteiger partial charge is 0.114 e. The molecule has 13 aromatic rings. The minimum Gasteiger partial charge on any atom is -0.172 e. The number of thiophene rings is 9. The lowest BCUT2D eigenvalue weighted by Crippen LogP contribution is -2.10. The minimum atomic E-state index is 0.105. The van der Waals surface area contributed by atoms with E-state index in [1.165, 1.54) is 309 Å². The van der Waals surface area contributed by atoms with Crippen LogP contribution in [0.2, 0.25) is 0 Å². The van der Waals surface area contributed by atoms with E-state index >= 15 is 0 Å². The van der Waals surface area contributed by atoms with Crippen LogP contribution in [-0.2, 0) is 36.5 Å². The molecule has 0 spiro atoms. The molecule has 10 heterocycles. The number of hydrogen-bond donors (Lipinski definition) is 0. The second-order valence-electron chi connectivity index (χ2n) is 30.7. The number of aromatic nitrogens is 2. The van der Waals surface area contributed by atoms with Gasteiger partial charge in [-0.2, -0.15) is 8.75 Å². The largest absolute Gasteiger partial charge is 0.172 e. The second-order valence-corrected chi connectivity index (χ2v) is 40.9. The Morgan fingerprint density at radius 2 is 0.618 bits per heavy atom. The normalized spacial score (nSPS) is 12.3. The first-order valence-electron chi connectivity index (χ1n) is 38.8. The molecule has 0 fully saturated rings. The third-order valence-electron chi connectivity index (χ3n) is 20.5. The maximum atomic E-state index is 5.19. The summed E-state index contributed by atoms with van der Waals surface area (Å²) in [6.07, 6.45) is 35.8. The van der Waals surface area contributed by atoms with Crippen molar-refractivity contribution < 1.29 is 0 Å². The van der Waals surface area contributed by atoms with Crippen LogP contribution in [0.25, 0.3) is 121 Å². The van der Waals surface area contributed by atoms with E-state index in [2.05, 4.69) is 191 Å². The highest BCUT2D eigenvalue weighted by molar-refractivity contribution is 7.30. The first-order chi connectivity index (χ1) is 49.7. The predicted octanol–water partition coefficient (Wildman–Crippen LogP) is 33.8. The van der Waals surface area contributed by atoms with Crippen LogP contribution in [-0.4, -0.2) is 8.75 Å². The molecule has 536 valence electrons. The highest BCUT2D eigenvalue weighted by atomic mass is 32.1. The Kier molecular flexibility index (Phi) is 26.2. The molecule has 0 saturated heterocycles. The molecule has 0 unspecified atom stereocenters. The summed E-state index contributed by atoms with van der Waals surface area (Å²) in [7, 11) is 0. The number of fused-ring (bicyclic) bond motifs is 4. The topological polar surface area (TPSA) is 25.8 Å². The number of benzene rings is 3. The summed E-state index contributed by atoms with van der Waals surface area (Å²) in [5.41, 5.74) is 13.5. The Labute approximate surface area is 651 Å². The van der Waals surface area contributed by atoms with E-state index in [1.807, 2.05) is 102 Å². The molecule has 102 heavy (non-hydrogen) atoms. The molecule has 0 amide bonds. The van der Waals surface area contributed by atoms with Gasteiger partial charge >= 0.3 is 0 Å². The van der Waals surface area contributed by atoms with Gasteiger partial charge < -0.3 is 0 Å². The maximum Gasteiger partial charge on any atom is 0.114 e. The summed E-state index contributed by atoms with van der Waals surface area (Å²) in [4.78, 5) is 22.4. The van der Waals surface area contributed by atoms with E-state index in [4.69, 9.17) is 8.75 Å². The van der Waals surface area contributed by atoms with Crippen LogP contribution in [0.3, 0.4) is 0 Å². The number of aryl methyl sites for hydroxylation is 4. The monoisotopic (exact) mass is 1530 g/mol. The molecular formula is C90H106N2S10. The first-order valence-corrected chi connectivity index (χ1v) is 46.9. The van der Waals surface area contributed by atoms with Crippen molar-refractivity contribution in [2.45, 2.75) is 260 Å². The third kappa shape index (κ3) is 18.1. The van der Waals surface area contributed by atoms with E-state index in [0.717, 1.165) is 30.3 Å². The summed E-state index contributed by atoms with van der Waals surface area (Å²) in [5, 5.41) is 2.78. The van der Waals surface area contributed by atoms with Crippen molar-refractivity contribution in [2.24, 2.45) is 0 Å². The van der Waals surface area contributed by atoms with Gasteiger partial charge in [-0.25, -0.2) is 0 Å². The van der Waals surface area contributed by atoms with Gasteiger partial charge in [-0.05, 0) is 193 Å². The third-order valence-corrected chi connectivity index (χ3v) is 32.9. The molecule has 0 saturated carbocycles. The molecule has 12 heteroatoms. The Morgan fingerprint density at radius 1 is 0.275 bits per heavy atom. The van der Waals surface area contributed by atoms with Gasteiger partial charge in [-0.1, -0.05) is 222 Å². The average Bonchev–Trinajstić information content (AvgIpc) is 1.61. The zero-order chi connectivity index (χ0) is 70.7. The zero-order valence-electron chi connectivity index (χ0n) is 62.3. The lowest BCUT2D eigenvalue weighted by molar-refractivity contribution is 0.591. The molecule has 13 rings (SSSR count). The number of hydrogen-bond acceptors (Lipinski definition) is 12. The molecule has 0 aliphatic rings. The van der Waals surface area contributed by atoms with E-state index in [-0.39, 0.29) is 10.8 Å². The maximum absolute atomic E-state index is 5.19. The summed E-state index contributed by atoms with van der Waals surface area (Å²) < 4.78 is 13.1. The van der Waals surface area contributed by atoms with Gasteiger partial charge in [-0.3, -0.25) is 0 Å². The fourth-order valence-electron chi connectivity index (χ4n) is 14.5. The second kappa shape index (κ2) is 35.3. The quantitative estimate of drug-likeness (QED) is 0.0363. The Hall–Kier alpha value is -4.70. The van der Waals surface area contributed by atoms with Crippen LogP contribution in [0.1, 0.15) is 256 Å². The van der Waals surface area contributed by atoms with E-state index in [0.29, 0.717) is 0 Å².